The number of amides is 1. The second-order valence-corrected chi connectivity index (χ2v) is 8.07. The molecule has 0 bridgehead atoms. The maximum absolute atomic E-state index is 11.9. The molecule has 4 rings (SSSR count). The highest BCUT2D eigenvalue weighted by molar-refractivity contribution is 5.75. The fraction of sp³-hybridized carbons (Fsp3) is 0.458. The van der Waals surface area contributed by atoms with E-state index in [0.29, 0.717) is 19.6 Å². The SMILES string of the molecule is CCC(=O)NCC1(c2ccccc2)CCN(CC2COc3ccccc3O2)CC1. The molecule has 2 aromatic rings. The molecule has 2 heterocycles. The monoisotopic (exact) mass is 394 g/mol. The Kier molecular flexibility index (Phi) is 6.05. The lowest BCUT2D eigenvalue weighted by Gasteiger charge is -2.43. The third-order valence-electron chi connectivity index (χ3n) is 6.17. The van der Waals surface area contributed by atoms with Crippen LogP contribution in [0.3, 0.4) is 0 Å². The van der Waals surface area contributed by atoms with Crippen LogP contribution in [0.25, 0.3) is 0 Å². The van der Waals surface area contributed by atoms with Gasteiger partial charge < -0.3 is 14.8 Å². The van der Waals surface area contributed by atoms with Gasteiger partial charge in [-0.15, -0.1) is 0 Å². The van der Waals surface area contributed by atoms with Gasteiger partial charge in [-0.05, 0) is 43.6 Å². The van der Waals surface area contributed by atoms with E-state index in [1.165, 1.54) is 5.56 Å². The summed E-state index contributed by atoms with van der Waals surface area (Å²) in [5.41, 5.74) is 1.32. The molecule has 0 radical (unpaired) electrons. The van der Waals surface area contributed by atoms with Crippen molar-refractivity contribution in [3.63, 3.8) is 0 Å². The van der Waals surface area contributed by atoms with Gasteiger partial charge in [0, 0.05) is 24.9 Å². The van der Waals surface area contributed by atoms with Crippen molar-refractivity contribution in [2.24, 2.45) is 0 Å². The lowest BCUT2D eigenvalue weighted by atomic mass is 9.72. The zero-order chi connectivity index (χ0) is 20.1. The molecule has 0 saturated carbocycles. The quantitative estimate of drug-likeness (QED) is 0.816. The smallest absolute Gasteiger partial charge is 0.219 e. The first-order valence-electron chi connectivity index (χ1n) is 10.6. The van der Waals surface area contributed by atoms with Crippen LogP contribution in [0.2, 0.25) is 0 Å². The molecule has 5 nitrogen and oxygen atoms in total. The van der Waals surface area contributed by atoms with Crippen LogP contribution in [0, 0.1) is 0 Å². The number of rotatable bonds is 6. The number of carbonyl (C=O) groups is 1. The highest BCUT2D eigenvalue weighted by atomic mass is 16.6. The van der Waals surface area contributed by atoms with E-state index >= 15 is 0 Å². The number of fused-ring (bicyclic) bond motifs is 1. The van der Waals surface area contributed by atoms with Gasteiger partial charge in [0.1, 0.15) is 12.7 Å². The van der Waals surface area contributed by atoms with Gasteiger partial charge >= 0.3 is 0 Å². The Bertz CT molecular complexity index is 816. The van der Waals surface area contributed by atoms with E-state index in [0.717, 1.165) is 44.0 Å². The third kappa shape index (κ3) is 4.56. The van der Waals surface area contributed by atoms with Gasteiger partial charge in [0.2, 0.25) is 5.91 Å². The molecule has 2 aliphatic heterocycles. The van der Waals surface area contributed by atoms with Crippen LogP contribution in [0.15, 0.2) is 54.6 Å². The van der Waals surface area contributed by atoms with Crippen LogP contribution in [0.1, 0.15) is 31.7 Å². The van der Waals surface area contributed by atoms with Crippen molar-refractivity contribution in [2.45, 2.75) is 37.7 Å². The van der Waals surface area contributed by atoms with Gasteiger partial charge in [0.15, 0.2) is 11.5 Å². The molecule has 1 saturated heterocycles. The summed E-state index contributed by atoms with van der Waals surface area (Å²) < 4.78 is 12.0. The van der Waals surface area contributed by atoms with E-state index in [2.05, 4.69) is 40.5 Å². The highest BCUT2D eigenvalue weighted by Crippen LogP contribution is 2.36. The Labute approximate surface area is 173 Å². The van der Waals surface area contributed by atoms with Crippen molar-refractivity contribution >= 4 is 5.91 Å². The summed E-state index contributed by atoms with van der Waals surface area (Å²) in [6.45, 7) is 6.02. The van der Waals surface area contributed by atoms with Crippen LogP contribution in [-0.2, 0) is 10.2 Å². The van der Waals surface area contributed by atoms with Crippen LogP contribution >= 0.6 is 0 Å². The van der Waals surface area contributed by atoms with Gasteiger partial charge in [-0.25, -0.2) is 0 Å². The summed E-state index contributed by atoms with van der Waals surface area (Å²) in [4.78, 5) is 14.4. The average Bonchev–Trinajstić information content (AvgIpc) is 2.79. The maximum Gasteiger partial charge on any atom is 0.219 e. The van der Waals surface area contributed by atoms with Gasteiger partial charge in [-0.3, -0.25) is 9.69 Å². The molecule has 29 heavy (non-hydrogen) atoms. The first-order chi connectivity index (χ1) is 14.2. The Balaban J connectivity index is 1.38. The average molecular weight is 395 g/mol. The lowest BCUT2D eigenvalue weighted by molar-refractivity contribution is -0.121. The number of nitrogens with one attached hydrogen (secondary N) is 1. The van der Waals surface area contributed by atoms with Crippen LogP contribution in [0.4, 0.5) is 0 Å². The topological polar surface area (TPSA) is 50.8 Å². The van der Waals surface area contributed by atoms with Crippen molar-refractivity contribution in [2.75, 3.05) is 32.8 Å². The number of para-hydroxylation sites is 2. The molecule has 154 valence electrons. The molecule has 0 aliphatic carbocycles. The van der Waals surface area contributed by atoms with Crippen molar-refractivity contribution in [3.05, 3.63) is 60.2 Å². The summed E-state index contributed by atoms with van der Waals surface area (Å²) in [6, 6.07) is 18.5. The van der Waals surface area contributed by atoms with Crippen LogP contribution in [-0.4, -0.2) is 49.7 Å². The second kappa shape index (κ2) is 8.87. The largest absolute Gasteiger partial charge is 0.486 e. The first kappa shape index (κ1) is 19.8. The van der Waals surface area contributed by atoms with E-state index in [1.807, 2.05) is 31.2 Å². The van der Waals surface area contributed by atoms with Gasteiger partial charge in [-0.2, -0.15) is 0 Å². The Hall–Kier alpha value is -2.53. The number of benzene rings is 2. The number of ether oxygens (including phenoxy) is 2. The minimum atomic E-state index is -0.000881. The molecule has 2 aliphatic rings. The minimum Gasteiger partial charge on any atom is -0.486 e. The molecule has 5 heteroatoms. The molecule has 0 aromatic heterocycles. The zero-order valence-electron chi connectivity index (χ0n) is 17.1. The molecule has 1 N–H and O–H groups in total. The number of carbonyl (C=O) groups excluding carboxylic acids is 1. The number of hydrogen-bond donors (Lipinski definition) is 1. The molecule has 1 fully saturated rings. The molecule has 1 amide bonds. The minimum absolute atomic E-state index is 0.000881. The van der Waals surface area contributed by atoms with Gasteiger partial charge in [-0.1, -0.05) is 49.4 Å². The van der Waals surface area contributed by atoms with E-state index in [1.54, 1.807) is 0 Å². The van der Waals surface area contributed by atoms with E-state index < -0.39 is 0 Å². The van der Waals surface area contributed by atoms with E-state index in [9.17, 15) is 4.79 Å². The second-order valence-electron chi connectivity index (χ2n) is 8.07. The number of likely N-dealkylation sites (tertiary alicyclic amines) is 1. The van der Waals surface area contributed by atoms with Crippen molar-refractivity contribution in [3.8, 4) is 11.5 Å². The number of piperidine rings is 1. The van der Waals surface area contributed by atoms with E-state index in [-0.39, 0.29) is 17.4 Å². The van der Waals surface area contributed by atoms with Crippen molar-refractivity contribution in [1.82, 2.24) is 10.2 Å². The molecular weight excluding hydrogens is 364 g/mol. The zero-order valence-corrected chi connectivity index (χ0v) is 17.1. The standard InChI is InChI=1S/C24H30N2O3/c1-2-23(27)25-18-24(19-8-4-3-5-9-19)12-14-26(15-13-24)16-20-17-28-21-10-6-7-11-22(21)29-20/h3-11,20H,2,12-18H2,1H3,(H,25,27). The molecule has 1 atom stereocenters. The maximum atomic E-state index is 11.9. The first-order valence-corrected chi connectivity index (χ1v) is 10.6. The summed E-state index contributed by atoms with van der Waals surface area (Å²) in [5.74, 6) is 1.79. The van der Waals surface area contributed by atoms with Crippen LogP contribution in [0.5, 0.6) is 11.5 Å². The highest BCUT2D eigenvalue weighted by Gasteiger charge is 2.37. The Morgan fingerprint density at radius 2 is 1.76 bits per heavy atom. The van der Waals surface area contributed by atoms with Gasteiger partial charge in [0.05, 0.1) is 0 Å². The van der Waals surface area contributed by atoms with Crippen molar-refractivity contribution in [1.29, 1.82) is 0 Å². The van der Waals surface area contributed by atoms with E-state index in [4.69, 9.17) is 9.47 Å². The predicted octanol–water partition coefficient (Wildman–Crippen LogP) is 3.39. The summed E-state index contributed by atoms with van der Waals surface area (Å²) in [5, 5.41) is 3.15. The summed E-state index contributed by atoms with van der Waals surface area (Å²) >= 11 is 0. The van der Waals surface area contributed by atoms with Crippen molar-refractivity contribution < 1.29 is 14.3 Å². The van der Waals surface area contributed by atoms with Crippen LogP contribution < -0.4 is 14.8 Å². The molecule has 0 spiro atoms. The molecule has 1 unspecified atom stereocenters. The summed E-state index contributed by atoms with van der Waals surface area (Å²) in [6.07, 6.45) is 2.61. The summed E-state index contributed by atoms with van der Waals surface area (Å²) in [7, 11) is 0. The molecule has 2 aromatic carbocycles. The Morgan fingerprint density at radius 1 is 1.07 bits per heavy atom. The van der Waals surface area contributed by atoms with Gasteiger partial charge in [0.25, 0.3) is 0 Å². The fourth-order valence-corrected chi connectivity index (χ4v) is 4.36. The normalized spacial score (nSPS) is 20.8. The number of hydrogen-bond acceptors (Lipinski definition) is 4. The fourth-order valence-electron chi connectivity index (χ4n) is 4.36. The molecular formula is C24H30N2O3. The predicted molar refractivity (Wildman–Crippen MR) is 113 cm³/mol. The lowest BCUT2D eigenvalue weighted by Crippen LogP contribution is -2.51. The number of nitrogens with zero attached hydrogens (tertiary/aromatic N) is 1. The Morgan fingerprint density at radius 3 is 2.48 bits per heavy atom. The third-order valence-corrected chi connectivity index (χ3v) is 6.17.